The zero-order valence-electron chi connectivity index (χ0n) is 10.7. The van der Waals surface area contributed by atoms with Gasteiger partial charge in [-0.05, 0) is 12.5 Å². The van der Waals surface area contributed by atoms with Gasteiger partial charge in [0.15, 0.2) is 16.8 Å². The van der Waals surface area contributed by atoms with Gasteiger partial charge in [-0.2, -0.15) is 4.98 Å². The van der Waals surface area contributed by atoms with Crippen molar-refractivity contribution in [3.05, 3.63) is 41.1 Å². The summed E-state index contributed by atoms with van der Waals surface area (Å²) in [5.41, 5.74) is 6.51. The fourth-order valence-corrected chi connectivity index (χ4v) is 2.45. The van der Waals surface area contributed by atoms with Crippen LogP contribution < -0.4 is 5.73 Å². The lowest BCUT2D eigenvalue weighted by atomic mass is 10.2. The highest BCUT2D eigenvalue weighted by atomic mass is 32.2. The van der Waals surface area contributed by atoms with Crippen LogP contribution in [0.15, 0.2) is 23.4 Å². The Morgan fingerprint density at radius 2 is 2.05 bits per heavy atom. The standard InChI is InChI=1S/C13H13F2N3OS/c1-2-9-11(16)12(19)18-13(17-9)20-6-7-4-3-5-8(14)10(7)15/h3-5H,2,6,16H2,1H3,(H,17,18,19). The second-order valence-corrected chi connectivity index (χ2v) is 4.99. The first kappa shape index (κ1) is 14.5. The highest BCUT2D eigenvalue weighted by Crippen LogP contribution is 2.27. The number of benzene rings is 1. The maximum absolute atomic E-state index is 13.5. The van der Waals surface area contributed by atoms with Crippen molar-refractivity contribution in [3.63, 3.8) is 0 Å². The van der Waals surface area contributed by atoms with E-state index in [1.165, 1.54) is 12.1 Å². The zero-order valence-corrected chi connectivity index (χ0v) is 11.5. The lowest BCUT2D eigenvalue weighted by molar-refractivity contribution is 0.447. The number of anilines is 1. The third-order valence-corrected chi connectivity index (χ3v) is 3.60. The quantitative estimate of drug-likeness (QED) is 0.670. The fourth-order valence-electron chi connectivity index (χ4n) is 1.62. The molecule has 0 amide bonds. The third-order valence-electron chi connectivity index (χ3n) is 2.71. The first-order chi connectivity index (χ1) is 9.52. The van der Waals surface area contributed by atoms with E-state index in [1.807, 2.05) is 6.92 Å². The highest BCUT2D eigenvalue weighted by molar-refractivity contribution is 7.98. The second-order valence-electron chi connectivity index (χ2n) is 4.05. The largest absolute Gasteiger partial charge is 0.492 e. The van der Waals surface area contributed by atoms with Gasteiger partial charge in [0.05, 0.1) is 5.69 Å². The van der Waals surface area contributed by atoms with Crippen molar-refractivity contribution in [1.82, 2.24) is 9.97 Å². The molecule has 20 heavy (non-hydrogen) atoms. The van der Waals surface area contributed by atoms with Gasteiger partial charge in [0.1, 0.15) is 5.69 Å². The van der Waals surface area contributed by atoms with E-state index in [0.29, 0.717) is 12.1 Å². The Kier molecular flexibility index (Phi) is 4.39. The number of aromatic nitrogens is 2. The van der Waals surface area contributed by atoms with Crippen LogP contribution in [0.5, 0.6) is 5.88 Å². The number of hydrogen-bond donors (Lipinski definition) is 2. The Bertz CT molecular complexity index is 637. The molecule has 7 heteroatoms. The molecule has 106 valence electrons. The molecule has 4 nitrogen and oxygen atoms in total. The summed E-state index contributed by atoms with van der Waals surface area (Å²) in [6, 6.07) is 3.99. The smallest absolute Gasteiger partial charge is 0.239 e. The summed E-state index contributed by atoms with van der Waals surface area (Å²) in [5.74, 6) is -1.90. The Labute approximate surface area is 119 Å². The van der Waals surface area contributed by atoms with Crippen molar-refractivity contribution in [2.75, 3.05) is 5.73 Å². The van der Waals surface area contributed by atoms with Gasteiger partial charge in [-0.3, -0.25) is 0 Å². The van der Waals surface area contributed by atoms with Crippen LogP contribution in [0.4, 0.5) is 14.5 Å². The summed E-state index contributed by atoms with van der Waals surface area (Å²) < 4.78 is 26.6. The van der Waals surface area contributed by atoms with Crippen molar-refractivity contribution in [2.24, 2.45) is 0 Å². The zero-order chi connectivity index (χ0) is 14.7. The molecular formula is C13H13F2N3OS. The molecule has 2 aromatic rings. The maximum atomic E-state index is 13.5. The molecule has 1 aromatic heterocycles. The number of aryl methyl sites for hydroxylation is 1. The number of nitrogens with zero attached hydrogens (tertiary/aromatic N) is 2. The normalized spacial score (nSPS) is 10.8. The van der Waals surface area contributed by atoms with E-state index in [2.05, 4.69) is 9.97 Å². The predicted octanol–water partition coefficient (Wildman–Crippen LogP) is 2.90. The minimum Gasteiger partial charge on any atom is -0.492 e. The second kappa shape index (κ2) is 6.04. The van der Waals surface area contributed by atoms with E-state index in [0.717, 1.165) is 17.8 Å². The molecule has 0 aliphatic carbocycles. The Hall–Kier alpha value is -1.89. The molecule has 0 atom stereocenters. The van der Waals surface area contributed by atoms with Crippen LogP contribution >= 0.6 is 11.8 Å². The van der Waals surface area contributed by atoms with E-state index in [9.17, 15) is 13.9 Å². The van der Waals surface area contributed by atoms with Gasteiger partial charge in [0, 0.05) is 11.3 Å². The molecule has 1 aromatic carbocycles. The molecule has 3 N–H and O–H groups in total. The first-order valence-electron chi connectivity index (χ1n) is 5.94. The number of nitrogens with two attached hydrogens (primary N) is 1. The molecule has 0 spiro atoms. The molecule has 2 rings (SSSR count). The van der Waals surface area contributed by atoms with Crippen molar-refractivity contribution >= 4 is 17.4 Å². The molecule has 0 bridgehead atoms. The topological polar surface area (TPSA) is 72.0 Å². The lowest BCUT2D eigenvalue weighted by Crippen LogP contribution is -2.01. The van der Waals surface area contributed by atoms with Gasteiger partial charge in [-0.25, -0.2) is 13.8 Å². The summed E-state index contributed by atoms with van der Waals surface area (Å²) in [5, 5.41) is 9.86. The van der Waals surface area contributed by atoms with Crippen LogP contribution in [0.25, 0.3) is 0 Å². The van der Waals surface area contributed by atoms with Gasteiger partial charge in [-0.15, -0.1) is 0 Å². The van der Waals surface area contributed by atoms with E-state index >= 15 is 0 Å². The van der Waals surface area contributed by atoms with Gasteiger partial charge in [-0.1, -0.05) is 30.8 Å². The van der Waals surface area contributed by atoms with E-state index < -0.39 is 11.6 Å². The lowest BCUT2D eigenvalue weighted by Gasteiger charge is -2.07. The summed E-state index contributed by atoms with van der Waals surface area (Å²) in [7, 11) is 0. The van der Waals surface area contributed by atoms with Crippen LogP contribution in [-0.4, -0.2) is 15.1 Å². The summed E-state index contributed by atoms with van der Waals surface area (Å²) in [4.78, 5) is 7.98. The number of aromatic hydroxyl groups is 1. The number of halogens is 2. The maximum Gasteiger partial charge on any atom is 0.239 e. The SMILES string of the molecule is CCc1nc(SCc2cccc(F)c2F)nc(O)c1N. The summed E-state index contributed by atoms with van der Waals surface area (Å²) in [6.07, 6.45) is 0.545. The summed E-state index contributed by atoms with van der Waals surface area (Å²) >= 11 is 1.10. The monoisotopic (exact) mass is 297 g/mol. The average Bonchev–Trinajstić information content (AvgIpc) is 2.44. The first-order valence-corrected chi connectivity index (χ1v) is 6.92. The molecule has 0 radical (unpaired) electrons. The molecule has 0 fully saturated rings. The molecule has 0 saturated carbocycles. The minimum atomic E-state index is -0.890. The average molecular weight is 297 g/mol. The number of nitrogen functional groups attached to an aromatic ring is 1. The highest BCUT2D eigenvalue weighted by Gasteiger charge is 2.12. The van der Waals surface area contributed by atoms with Crippen molar-refractivity contribution in [3.8, 4) is 5.88 Å². The number of rotatable bonds is 4. The summed E-state index contributed by atoms with van der Waals surface area (Å²) in [6.45, 7) is 1.85. The van der Waals surface area contributed by atoms with E-state index in [-0.39, 0.29) is 28.0 Å². The fraction of sp³-hybridized carbons (Fsp3) is 0.231. The minimum absolute atomic E-state index is 0.147. The van der Waals surface area contributed by atoms with Crippen LogP contribution in [0.1, 0.15) is 18.2 Å². The Balaban J connectivity index is 2.19. The van der Waals surface area contributed by atoms with Gasteiger partial charge in [0.25, 0.3) is 0 Å². The molecular weight excluding hydrogens is 284 g/mol. The van der Waals surface area contributed by atoms with Crippen LogP contribution in [0.2, 0.25) is 0 Å². The van der Waals surface area contributed by atoms with Crippen LogP contribution in [0.3, 0.4) is 0 Å². The molecule has 0 saturated heterocycles. The van der Waals surface area contributed by atoms with Gasteiger partial charge in [0.2, 0.25) is 5.88 Å². The molecule has 1 heterocycles. The molecule has 0 aliphatic rings. The van der Waals surface area contributed by atoms with Crippen molar-refractivity contribution in [1.29, 1.82) is 0 Å². The Morgan fingerprint density at radius 1 is 1.30 bits per heavy atom. The van der Waals surface area contributed by atoms with E-state index in [1.54, 1.807) is 0 Å². The predicted molar refractivity (Wildman–Crippen MR) is 73.4 cm³/mol. The van der Waals surface area contributed by atoms with Crippen LogP contribution in [0, 0.1) is 11.6 Å². The molecule has 0 unspecified atom stereocenters. The van der Waals surface area contributed by atoms with Crippen molar-refractivity contribution < 1.29 is 13.9 Å². The van der Waals surface area contributed by atoms with E-state index in [4.69, 9.17) is 5.73 Å². The van der Waals surface area contributed by atoms with Crippen molar-refractivity contribution in [2.45, 2.75) is 24.3 Å². The number of thioether (sulfide) groups is 1. The Morgan fingerprint density at radius 3 is 2.75 bits per heavy atom. The van der Waals surface area contributed by atoms with Crippen LogP contribution in [-0.2, 0) is 12.2 Å². The molecule has 0 aliphatic heterocycles. The number of hydrogen-bond acceptors (Lipinski definition) is 5. The van der Waals surface area contributed by atoms with Gasteiger partial charge < -0.3 is 10.8 Å². The van der Waals surface area contributed by atoms with Gasteiger partial charge >= 0.3 is 0 Å². The third kappa shape index (κ3) is 2.98.